The molecule has 0 aliphatic heterocycles. The smallest absolute Gasteiger partial charge is 0.242 e. The Kier molecular flexibility index (Phi) is 9.74. The first-order chi connectivity index (χ1) is 14.5. The molecular formula is C24H32N2O3S. The van der Waals surface area contributed by atoms with Crippen LogP contribution in [0.5, 0.6) is 5.75 Å². The summed E-state index contributed by atoms with van der Waals surface area (Å²) in [5.41, 5.74) is 3.41. The molecule has 0 saturated heterocycles. The van der Waals surface area contributed by atoms with Crippen LogP contribution >= 0.6 is 11.8 Å². The van der Waals surface area contributed by atoms with Crippen molar-refractivity contribution in [2.75, 3.05) is 19.4 Å². The number of hydrogen-bond acceptors (Lipinski definition) is 4. The predicted octanol–water partition coefficient (Wildman–Crippen LogP) is 4.18. The quantitative estimate of drug-likeness (QED) is 0.583. The van der Waals surface area contributed by atoms with Crippen molar-refractivity contribution in [3.05, 3.63) is 65.2 Å². The molecule has 0 aliphatic rings. The number of amides is 2. The van der Waals surface area contributed by atoms with Crippen molar-refractivity contribution in [1.82, 2.24) is 10.2 Å². The average molecular weight is 429 g/mol. The van der Waals surface area contributed by atoms with Crippen LogP contribution in [0.4, 0.5) is 0 Å². The second-order valence-corrected chi connectivity index (χ2v) is 8.24. The Morgan fingerprint density at radius 2 is 1.83 bits per heavy atom. The molecule has 0 aromatic heterocycles. The minimum Gasteiger partial charge on any atom is -0.497 e. The third-order valence-corrected chi connectivity index (χ3v) is 5.94. The summed E-state index contributed by atoms with van der Waals surface area (Å²) in [4.78, 5) is 27.3. The summed E-state index contributed by atoms with van der Waals surface area (Å²) in [6.45, 7) is 6.87. The van der Waals surface area contributed by atoms with Crippen LogP contribution < -0.4 is 10.1 Å². The maximum Gasteiger partial charge on any atom is 0.242 e. The second-order valence-electron chi connectivity index (χ2n) is 7.26. The van der Waals surface area contributed by atoms with Gasteiger partial charge in [0, 0.05) is 18.8 Å². The lowest BCUT2D eigenvalue weighted by Crippen LogP contribution is -2.48. The van der Waals surface area contributed by atoms with Crippen LogP contribution in [-0.4, -0.2) is 42.2 Å². The largest absolute Gasteiger partial charge is 0.497 e. The van der Waals surface area contributed by atoms with Gasteiger partial charge in [-0.25, -0.2) is 0 Å². The van der Waals surface area contributed by atoms with E-state index < -0.39 is 6.04 Å². The van der Waals surface area contributed by atoms with Crippen molar-refractivity contribution >= 4 is 23.6 Å². The van der Waals surface area contributed by atoms with Crippen LogP contribution in [0.3, 0.4) is 0 Å². The Morgan fingerprint density at radius 3 is 2.47 bits per heavy atom. The summed E-state index contributed by atoms with van der Waals surface area (Å²) >= 11 is 1.58. The van der Waals surface area contributed by atoms with Gasteiger partial charge < -0.3 is 15.0 Å². The third-order valence-electron chi connectivity index (χ3n) is 4.97. The molecule has 30 heavy (non-hydrogen) atoms. The van der Waals surface area contributed by atoms with E-state index in [4.69, 9.17) is 4.74 Å². The number of hydrogen-bond donors (Lipinski definition) is 1. The number of aryl methyl sites for hydroxylation is 1. The number of carbonyl (C=O) groups excluding carboxylic acids is 2. The van der Waals surface area contributed by atoms with Gasteiger partial charge in [0.25, 0.3) is 0 Å². The molecule has 0 aliphatic carbocycles. The fraction of sp³-hybridized carbons (Fsp3) is 0.417. The molecule has 0 spiro atoms. The van der Waals surface area contributed by atoms with Crippen LogP contribution in [0.25, 0.3) is 0 Å². The average Bonchev–Trinajstić information content (AvgIpc) is 2.76. The van der Waals surface area contributed by atoms with Crippen molar-refractivity contribution in [2.45, 2.75) is 45.5 Å². The SMILES string of the molecule is CCCNC(=O)C(C)N(Cc1ccc(OC)cc1)C(=O)CSCc1ccccc1C. The van der Waals surface area contributed by atoms with Crippen molar-refractivity contribution in [3.8, 4) is 5.75 Å². The van der Waals surface area contributed by atoms with Gasteiger partial charge in [0.1, 0.15) is 11.8 Å². The molecular weight excluding hydrogens is 396 g/mol. The van der Waals surface area contributed by atoms with E-state index in [2.05, 4.69) is 24.4 Å². The van der Waals surface area contributed by atoms with E-state index in [0.717, 1.165) is 23.5 Å². The van der Waals surface area contributed by atoms with Crippen LogP contribution in [0, 0.1) is 6.92 Å². The molecule has 2 aromatic carbocycles. The highest BCUT2D eigenvalue weighted by atomic mass is 32.2. The number of methoxy groups -OCH3 is 1. The van der Waals surface area contributed by atoms with E-state index in [0.29, 0.717) is 18.8 Å². The Hall–Kier alpha value is -2.47. The van der Waals surface area contributed by atoms with Crippen LogP contribution in [0.1, 0.15) is 37.0 Å². The van der Waals surface area contributed by atoms with Gasteiger partial charge in [0.05, 0.1) is 12.9 Å². The molecule has 5 nitrogen and oxygen atoms in total. The third kappa shape index (κ3) is 7.10. The van der Waals surface area contributed by atoms with E-state index in [9.17, 15) is 9.59 Å². The monoisotopic (exact) mass is 428 g/mol. The molecule has 2 amide bonds. The van der Waals surface area contributed by atoms with Crippen molar-refractivity contribution < 1.29 is 14.3 Å². The lowest BCUT2D eigenvalue weighted by molar-refractivity contribution is -0.138. The number of benzene rings is 2. The summed E-state index contributed by atoms with van der Waals surface area (Å²) in [5, 5.41) is 2.90. The Labute approximate surface area is 184 Å². The van der Waals surface area contributed by atoms with E-state index >= 15 is 0 Å². The minimum atomic E-state index is -0.537. The number of carbonyl (C=O) groups is 2. The molecule has 0 fully saturated rings. The maximum atomic E-state index is 13.1. The highest BCUT2D eigenvalue weighted by molar-refractivity contribution is 7.99. The molecule has 2 aromatic rings. The summed E-state index contributed by atoms with van der Waals surface area (Å²) in [7, 11) is 1.62. The number of rotatable bonds is 11. The molecule has 1 atom stereocenters. The van der Waals surface area contributed by atoms with Crippen molar-refractivity contribution in [2.24, 2.45) is 0 Å². The zero-order valence-electron chi connectivity index (χ0n) is 18.3. The molecule has 6 heteroatoms. The Balaban J connectivity index is 2.06. The lowest BCUT2D eigenvalue weighted by atomic mass is 10.1. The molecule has 1 unspecified atom stereocenters. The Bertz CT molecular complexity index is 823. The molecule has 162 valence electrons. The van der Waals surface area contributed by atoms with E-state index in [1.54, 1.807) is 30.7 Å². The standard InChI is InChI=1S/C24H32N2O3S/c1-5-14-25-24(28)19(3)26(15-20-10-12-22(29-4)13-11-20)23(27)17-30-16-21-9-7-6-8-18(21)2/h6-13,19H,5,14-17H2,1-4H3,(H,25,28). The predicted molar refractivity (Wildman–Crippen MR) is 124 cm³/mol. The van der Waals surface area contributed by atoms with Crippen LogP contribution in [0.15, 0.2) is 48.5 Å². The molecule has 0 saturated carbocycles. The summed E-state index contributed by atoms with van der Waals surface area (Å²) in [6.07, 6.45) is 0.858. The molecule has 0 bridgehead atoms. The zero-order chi connectivity index (χ0) is 21.9. The van der Waals surface area contributed by atoms with Gasteiger partial charge in [-0.1, -0.05) is 43.3 Å². The van der Waals surface area contributed by atoms with Crippen LogP contribution in [-0.2, 0) is 21.9 Å². The maximum absolute atomic E-state index is 13.1. The molecule has 2 rings (SSSR count). The highest BCUT2D eigenvalue weighted by Gasteiger charge is 2.25. The van der Waals surface area contributed by atoms with E-state index in [1.165, 1.54) is 11.1 Å². The van der Waals surface area contributed by atoms with Gasteiger partial charge in [-0.3, -0.25) is 9.59 Å². The summed E-state index contributed by atoms with van der Waals surface area (Å²) in [5.74, 6) is 1.70. The zero-order valence-corrected chi connectivity index (χ0v) is 19.1. The molecule has 0 radical (unpaired) electrons. The number of thioether (sulfide) groups is 1. The highest BCUT2D eigenvalue weighted by Crippen LogP contribution is 2.19. The first-order valence-electron chi connectivity index (χ1n) is 10.3. The normalized spacial score (nSPS) is 11.6. The summed E-state index contributed by atoms with van der Waals surface area (Å²) < 4.78 is 5.21. The van der Waals surface area contributed by atoms with Gasteiger partial charge in [-0.2, -0.15) is 0 Å². The number of ether oxygens (including phenoxy) is 1. The summed E-state index contributed by atoms with van der Waals surface area (Å²) in [6, 6.07) is 15.2. The van der Waals surface area contributed by atoms with Crippen molar-refractivity contribution in [1.29, 1.82) is 0 Å². The molecule has 1 N–H and O–H groups in total. The fourth-order valence-electron chi connectivity index (χ4n) is 3.01. The first kappa shape index (κ1) is 23.8. The van der Waals surface area contributed by atoms with Gasteiger partial charge in [-0.05, 0) is 49.1 Å². The van der Waals surface area contributed by atoms with E-state index in [-0.39, 0.29) is 11.8 Å². The number of nitrogens with zero attached hydrogens (tertiary/aromatic N) is 1. The first-order valence-corrected chi connectivity index (χ1v) is 11.4. The fourth-order valence-corrected chi connectivity index (χ4v) is 4.00. The number of nitrogens with one attached hydrogen (secondary N) is 1. The topological polar surface area (TPSA) is 58.6 Å². The van der Waals surface area contributed by atoms with Gasteiger partial charge in [-0.15, -0.1) is 11.8 Å². The second kappa shape index (κ2) is 12.3. The molecule has 0 heterocycles. The van der Waals surface area contributed by atoms with Gasteiger partial charge in [0.15, 0.2) is 0 Å². The Morgan fingerprint density at radius 1 is 1.13 bits per heavy atom. The van der Waals surface area contributed by atoms with Gasteiger partial charge >= 0.3 is 0 Å². The van der Waals surface area contributed by atoms with Gasteiger partial charge in [0.2, 0.25) is 11.8 Å². The van der Waals surface area contributed by atoms with Crippen molar-refractivity contribution in [3.63, 3.8) is 0 Å². The lowest BCUT2D eigenvalue weighted by Gasteiger charge is -2.29. The minimum absolute atomic E-state index is 0.0384. The van der Waals surface area contributed by atoms with Crippen LogP contribution in [0.2, 0.25) is 0 Å². The van der Waals surface area contributed by atoms with E-state index in [1.807, 2.05) is 43.3 Å².